The lowest BCUT2D eigenvalue weighted by Crippen LogP contribution is -2.31. The molecular formula is C15H25N3O3S. The van der Waals surface area contributed by atoms with Crippen LogP contribution >= 0.6 is 0 Å². The summed E-state index contributed by atoms with van der Waals surface area (Å²) < 4.78 is 27.7. The molecule has 1 aromatic rings. The summed E-state index contributed by atoms with van der Waals surface area (Å²) >= 11 is 0. The number of sulfonamides is 1. The first-order valence-corrected chi connectivity index (χ1v) is 9.18. The third kappa shape index (κ3) is 5.23. The molecule has 124 valence electrons. The highest BCUT2D eigenvalue weighted by Crippen LogP contribution is 2.26. The Balaban J connectivity index is 1.65. The SMILES string of the molecule is CC1(C)CC(CCCCOc2ccc(S(N)(=O)=O)cn2)CN1. The summed E-state index contributed by atoms with van der Waals surface area (Å²) in [5.74, 6) is 1.18. The van der Waals surface area contributed by atoms with E-state index in [1.54, 1.807) is 0 Å². The first kappa shape index (κ1) is 17.2. The zero-order chi connectivity index (χ0) is 16.2. The summed E-state index contributed by atoms with van der Waals surface area (Å²) in [5, 5.41) is 8.54. The highest BCUT2D eigenvalue weighted by Gasteiger charge is 2.29. The Bertz CT molecular complexity index is 585. The van der Waals surface area contributed by atoms with Crippen LogP contribution in [0.25, 0.3) is 0 Å². The molecular weight excluding hydrogens is 302 g/mol. The van der Waals surface area contributed by atoms with Gasteiger partial charge in [-0.3, -0.25) is 0 Å². The first-order valence-electron chi connectivity index (χ1n) is 7.63. The zero-order valence-corrected chi connectivity index (χ0v) is 14.0. The van der Waals surface area contributed by atoms with E-state index < -0.39 is 10.0 Å². The van der Waals surface area contributed by atoms with Gasteiger partial charge in [0.2, 0.25) is 15.9 Å². The molecule has 3 N–H and O–H groups in total. The maximum absolute atomic E-state index is 11.1. The minimum Gasteiger partial charge on any atom is -0.478 e. The fourth-order valence-corrected chi connectivity index (χ4v) is 3.28. The lowest BCUT2D eigenvalue weighted by Gasteiger charge is -2.17. The molecule has 0 amide bonds. The molecule has 1 atom stereocenters. The van der Waals surface area contributed by atoms with Gasteiger partial charge in [-0.15, -0.1) is 0 Å². The summed E-state index contributed by atoms with van der Waals surface area (Å²) in [7, 11) is -3.69. The van der Waals surface area contributed by atoms with Gasteiger partial charge >= 0.3 is 0 Å². The van der Waals surface area contributed by atoms with E-state index in [2.05, 4.69) is 24.1 Å². The third-order valence-electron chi connectivity index (χ3n) is 3.96. The number of hydrogen-bond acceptors (Lipinski definition) is 5. The number of ether oxygens (including phenoxy) is 1. The van der Waals surface area contributed by atoms with Gasteiger partial charge in [0.15, 0.2) is 0 Å². The second kappa shape index (κ2) is 6.93. The second-order valence-electron chi connectivity index (χ2n) is 6.56. The number of hydrogen-bond donors (Lipinski definition) is 2. The summed E-state index contributed by atoms with van der Waals surface area (Å²) in [6.45, 7) is 6.18. The minimum absolute atomic E-state index is 0.00352. The summed E-state index contributed by atoms with van der Waals surface area (Å²) in [6.07, 6.45) is 5.74. The van der Waals surface area contributed by atoms with Gasteiger partial charge in [-0.2, -0.15) is 0 Å². The van der Waals surface area contributed by atoms with Crippen molar-refractivity contribution in [2.45, 2.75) is 50.0 Å². The largest absolute Gasteiger partial charge is 0.478 e. The van der Waals surface area contributed by atoms with Crippen LogP contribution in [0.15, 0.2) is 23.2 Å². The summed E-state index contributed by atoms with van der Waals surface area (Å²) in [6, 6.07) is 2.94. The Morgan fingerprint density at radius 3 is 2.73 bits per heavy atom. The molecule has 1 aliphatic rings. The van der Waals surface area contributed by atoms with Gasteiger partial charge in [0.1, 0.15) is 4.90 Å². The van der Waals surface area contributed by atoms with Crippen molar-refractivity contribution in [2.24, 2.45) is 11.1 Å². The lowest BCUT2D eigenvalue weighted by molar-refractivity contribution is 0.288. The predicted octanol–water partition coefficient (Wildman–Crippen LogP) is 1.67. The number of aromatic nitrogens is 1. The number of unbranched alkanes of at least 4 members (excludes halogenated alkanes) is 1. The van der Waals surface area contributed by atoms with E-state index in [-0.39, 0.29) is 10.4 Å². The maximum atomic E-state index is 11.1. The smallest absolute Gasteiger partial charge is 0.239 e. The number of primary sulfonamides is 1. The fourth-order valence-electron chi connectivity index (χ4n) is 2.82. The quantitative estimate of drug-likeness (QED) is 0.743. The van der Waals surface area contributed by atoms with E-state index in [0.29, 0.717) is 12.5 Å². The van der Waals surface area contributed by atoms with Gasteiger partial charge in [0.25, 0.3) is 0 Å². The second-order valence-corrected chi connectivity index (χ2v) is 8.12. The van der Waals surface area contributed by atoms with Gasteiger partial charge < -0.3 is 10.1 Å². The highest BCUT2D eigenvalue weighted by molar-refractivity contribution is 7.89. The van der Waals surface area contributed by atoms with E-state index >= 15 is 0 Å². The fraction of sp³-hybridized carbons (Fsp3) is 0.667. The monoisotopic (exact) mass is 327 g/mol. The van der Waals surface area contributed by atoms with Crippen LogP contribution in [-0.2, 0) is 10.0 Å². The number of nitrogens with zero attached hydrogens (tertiary/aromatic N) is 1. The van der Waals surface area contributed by atoms with Gasteiger partial charge in [0, 0.05) is 11.6 Å². The van der Waals surface area contributed by atoms with Crippen LogP contribution in [0.5, 0.6) is 5.88 Å². The molecule has 7 heteroatoms. The van der Waals surface area contributed by atoms with Crippen LogP contribution in [0.3, 0.4) is 0 Å². The lowest BCUT2D eigenvalue weighted by atomic mass is 9.93. The summed E-state index contributed by atoms with van der Waals surface area (Å²) in [4.78, 5) is 3.94. The average molecular weight is 327 g/mol. The Kier molecular flexibility index (Phi) is 5.41. The Hall–Kier alpha value is -1.18. The minimum atomic E-state index is -3.69. The van der Waals surface area contributed by atoms with Gasteiger partial charge in [-0.05, 0) is 58.1 Å². The van der Waals surface area contributed by atoms with Crippen LogP contribution in [-0.4, -0.2) is 32.1 Å². The molecule has 1 saturated heterocycles. The van der Waals surface area contributed by atoms with Crippen LogP contribution in [0.1, 0.15) is 39.5 Å². The molecule has 0 radical (unpaired) electrons. The molecule has 1 unspecified atom stereocenters. The molecule has 6 nitrogen and oxygen atoms in total. The van der Waals surface area contributed by atoms with Gasteiger partial charge in [0.05, 0.1) is 12.8 Å². The van der Waals surface area contributed by atoms with Crippen molar-refractivity contribution in [2.75, 3.05) is 13.2 Å². The van der Waals surface area contributed by atoms with Gasteiger partial charge in [-0.25, -0.2) is 18.5 Å². The standard InChI is InChI=1S/C15H25N3O3S/c1-15(2)9-12(10-18-15)5-3-4-8-21-14-7-6-13(11-17-14)22(16,19)20/h6-7,11-12,18H,3-5,8-10H2,1-2H3,(H2,16,19,20). The first-order chi connectivity index (χ1) is 10.3. The highest BCUT2D eigenvalue weighted by atomic mass is 32.2. The third-order valence-corrected chi connectivity index (χ3v) is 4.86. The van der Waals surface area contributed by atoms with Crippen molar-refractivity contribution < 1.29 is 13.2 Å². The molecule has 1 aliphatic heterocycles. The normalized spacial score (nSPS) is 21.0. The van der Waals surface area contributed by atoms with E-state index in [1.807, 2.05) is 0 Å². The van der Waals surface area contributed by atoms with Crippen LogP contribution in [0, 0.1) is 5.92 Å². The zero-order valence-electron chi connectivity index (χ0n) is 13.2. The Morgan fingerprint density at radius 1 is 1.41 bits per heavy atom. The van der Waals surface area contributed by atoms with E-state index in [0.717, 1.165) is 25.3 Å². The van der Waals surface area contributed by atoms with Crippen molar-refractivity contribution in [3.8, 4) is 5.88 Å². The molecule has 0 aromatic carbocycles. The van der Waals surface area contributed by atoms with Crippen molar-refractivity contribution in [1.82, 2.24) is 10.3 Å². The van der Waals surface area contributed by atoms with Crippen LogP contribution in [0.4, 0.5) is 0 Å². The molecule has 0 saturated carbocycles. The maximum Gasteiger partial charge on any atom is 0.239 e. The van der Waals surface area contributed by atoms with E-state index in [9.17, 15) is 8.42 Å². The van der Waals surface area contributed by atoms with Crippen molar-refractivity contribution in [1.29, 1.82) is 0 Å². The van der Waals surface area contributed by atoms with Gasteiger partial charge in [-0.1, -0.05) is 0 Å². The number of nitrogens with two attached hydrogens (primary N) is 1. The molecule has 1 aromatic heterocycles. The molecule has 0 bridgehead atoms. The molecule has 0 spiro atoms. The molecule has 22 heavy (non-hydrogen) atoms. The molecule has 0 aliphatic carbocycles. The van der Waals surface area contributed by atoms with E-state index in [1.165, 1.54) is 31.2 Å². The van der Waals surface area contributed by atoms with Crippen LogP contribution < -0.4 is 15.2 Å². The number of nitrogens with one attached hydrogen (secondary N) is 1. The molecule has 2 rings (SSSR count). The van der Waals surface area contributed by atoms with Crippen molar-refractivity contribution in [3.63, 3.8) is 0 Å². The molecule has 1 fully saturated rings. The average Bonchev–Trinajstić information content (AvgIpc) is 2.77. The summed E-state index contributed by atoms with van der Waals surface area (Å²) in [5.41, 5.74) is 0.274. The number of pyridine rings is 1. The number of rotatable bonds is 7. The van der Waals surface area contributed by atoms with Crippen LogP contribution in [0.2, 0.25) is 0 Å². The topological polar surface area (TPSA) is 94.3 Å². The van der Waals surface area contributed by atoms with E-state index in [4.69, 9.17) is 9.88 Å². The predicted molar refractivity (Wildman–Crippen MR) is 85.1 cm³/mol. The van der Waals surface area contributed by atoms with Crippen molar-refractivity contribution >= 4 is 10.0 Å². The Labute approximate surface area is 132 Å². The molecule has 2 heterocycles. The van der Waals surface area contributed by atoms with Crippen molar-refractivity contribution in [3.05, 3.63) is 18.3 Å². The Morgan fingerprint density at radius 2 is 2.18 bits per heavy atom.